The maximum absolute atomic E-state index is 12.6. The first-order valence-electron chi connectivity index (χ1n) is 7.07. The number of ketones is 1. The molecule has 3 heterocycles. The Kier molecular flexibility index (Phi) is 2.82. The second-order valence-electron chi connectivity index (χ2n) is 5.38. The zero-order valence-electron chi connectivity index (χ0n) is 11.5. The fourth-order valence-electron chi connectivity index (χ4n) is 2.92. The second kappa shape index (κ2) is 4.70. The van der Waals surface area contributed by atoms with Crippen molar-refractivity contribution in [2.45, 2.75) is 19.0 Å². The van der Waals surface area contributed by atoms with Gasteiger partial charge in [-0.3, -0.25) is 4.79 Å². The quantitative estimate of drug-likeness (QED) is 0.851. The van der Waals surface area contributed by atoms with Crippen LogP contribution in [0.4, 0.5) is 5.69 Å². The summed E-state index contributed by atoms with van der Waals surface area (Å²) in [5, 5.41) is 0.914. The van der Waals surface area contributed by atoms with E-state index < -0.39 is 0 Å². The molecule has 0 unspecified atom stereocenters. The molecule has 1 atom stereocenters. The van der Waals surface area contributed by atoms with Crippen LogP contribution in [0.15, 0.2) is 35.3 Å². The molecule has 1 aromatic heterocycles. The molecule has 1 aromatic carbocycles. The first-order valence-corrected chi connectivity index (χ1v) is 7.89. The van der Waals surface area contributed by atoms with E-state index in [0.717, 1.165) is 29.3 Å². The molecule has 0 radical (unpaired) electrons. The molecule has 2 aliphatic heterocycles. The molecule has 0 bridgehead atoms. The van der Waals surface area contributed by atoms with E-state index >= 15 is 0 Å². The van der Waals surface area contributed by atoms with Crippen LogP contribution < -0.4 is 15.6 Å². The molecular formula is C16H15N3OS. The third-order valence-electron chi connectivity index (χ3n) is 4.03. The number of rotatable bonds is 2. The molecular weight excluding hydrogens is 282 g/mol. The normalized spacial score (nSPS) is 19.4. The molecule has 2 aromatic rings. The van der Waals surface area contributed by atoms with E-state index in [1.807, 2.05) is 30.3 Å². The van der Waals surface area contributed by atoms with Crippen molar-refractivity contribution in [1.29, 1.82) is 0 Å². The van der Waals surface area contributed by atoms with E-state index in [-0.39, 0.29) is 11.9 Å². The lowest BCUT2D eigenvalue weighted by atomic mass is 10.1. The van der Waals surface area contributed by atoms with Gasteiger partial charge in [0.2, 0.25) is 5.78 Å². The SMILES string of the molecule is Nc1c(C(=O)c2ccccc2)sc2c1=CN1CCC[C@@H]1N=2. The van der Waals surface area contributed by atoms with Crippen molar-refractivity contribution < 1.29 is 4.79 Å². The third kappa shape index (κ3) is 1.96. The Labute approximate surface area is 126 Å². The van der Waals surface area contributed by atoms with E-state index in [1.165, 1.54) is 11.3 Å². The highest BCUT2D eigenvalue weighted by Crippen LogP contribution is 2.22. The zero-order chi connectivity index (χ0) is 14.4. The molecule has 0 aliphatic carbocycles. The number of anilines is 1. The van der Waals surface area contributed by atoms with Gasteiger partial charge < -0.3 is 10.6 Å². The summed E-state index contributed by atoms with van der Waals surface area (Å²) in [5.74, 6) is -0.0174. The van der Waals surface area contributed by atoms with Crippen molar-refractivity contribution in [2.24, 2.45) is 4.99 Å². The van der Waals surface area contributed by atoms with Crippen molar-refractivity contribution in [2.75, 3.05) is 12.3 Å². The van der Waals surface area contributed by atoms with E-state index in [0.29, 0.717) is 16.1 Å². The van der Waals surface area contributed by atoms with E-state index in [9.17, 15) is 4.79 Å². The molecule has 4 nitrogen and oxygen atoms in total. The van der Waals surface area contributed by atoms with Gasteiger partial charge in [-0.25, -0.2) is 4.99 Å². The van der Waals surface area contributed by atoms with Gasteiger partial charge in [-0.15, -0.1) is 11.3 Å². The summed E-state index contributed by atoms with van der Waals surface area (Å²) in [6.07, 6.45) is 4.55. The number of hydrogen-bond donors (Lipinski definition) is 1. The summed E-state index contributed by atoms with van der Waals surface area (Å²) >= 11 is 1.41. The minimum absolute atomic E-state index is 0.0174. The molecule has 2 aliphatic rings. The first-order chi connectivity index (χ1) is 10.2. The van der Waals surface area contributed by atoms with Crippen molar-refractivity contribution in [3.8, 4) is 0 Å². The van der Waals surface area contributed by atoms with Crippen LogP contribution in [0.2, 0.25) is 0 Å². The van der Waals surface area contributed by atoms with Gasteiger partial charge in [-0.2, -0.15) is 0 Å². The Balaban J connectivity index is 1.84. The Morgan fingerprint density at radius 1 is 1.33 bits per heavy atom. The van der Waals surface area contributed by atoms with E-state index in [4.69, 9.17) is 10.7 Å². The van der Waals surface area contributed by atoms with Crippen LogP contribution >= 0.6 is 11.3 Å². The van der Waals surface area contributed by atoms with Crippen LogP contribution in [0.1, 0.15) is 28.1 Å². The van der Waals surface area contributed by atoms with Crippen molar-refractivity contribution in [1.82, 2.24) is 4.90 Å². The number of fused-ring (bicyclic) bond motifs is 2. The smallest absolute Gasteiger partial charge is 0.205 e. The molecule has 4 rings (SSSR count). The van der Waals surface area contributed by atoms with Gasteiger partial charge in [0.15, 0.2) is 0 Å². The number of carbonyl (C=O) groups is 1. The average Bonchev–Trinajstić information content (AvgIpc) is 3.10. The molecule has 0 spiro atoms. The monoisotopic (exact) mass is 297 g/mol. The van der Waals surface area contributed by atoms with Crippen LogP contribution in [-0.2, 0) is 0 Å². The van der Waals surface area contributed by atoms with Gasteiger partial charge in [0.05, 0.1) is 10.9 Å². The summed E-state index contributed by atoms with van der Waals surface area (Å²) in [7, 11) is 0. The summed E-state index contributed by atoms with van der Waals surface area (Å²) < 4.78 is 0.898. The largest absolute Gasteiger partial charge is 0.397 e. The average molecular weight is 297 g/mol. The highest BCUT2D eigenvalue weighted by Gasteiger charge is 2.26. The minimum Gasteiger partial charge on any atom is -0.397 e. The lowest BCUT2D eigenvalue weighted by molar-refractivity contribution is 0.104. The highest BCUT2D eigenvalue weighted by molar-refractivity contribution is 7.12. The van der Waals surface area contributed by atoms with Gasteiger partial charge in [0.1, 0.15) is 15.7 Å². The molecule has 0 saturated carbocycles. The van der Waals surface area contributed by atoms with Gasteiger partial charge in [-0.05, 0) is 12.8 Å². The van der Waals surface area contributed by atoms with Crippen molar-refractivity contribution in [3.63, 3.8) is 0 Å². The topological polar surface area (TPSA) is 58.7 Å². The Morgan fingerprint density at radius 2 is 2.14 bits per heavy atom. The zero-order valence-corrected chi connectivity index (χ0v) is 12.3. The van der Waals surface area contributed by atoms with Crippen molar-refractivity contribution >= 4 is 29.0 Å². The van der Waals surface area contributed by atoms with E-state index in [2.05, 4.69) is 11.1 Å². The number of hydrogen-bond acceptors (Lipinski definition) is 5. The van der Waals surface area contributed by atoms with Gasteiger partial charge in [0.25, 0.3) is 0 Å². The molecule has 1 fully saturated rings. The lowest BCUT2D eigenvalue weighted by Crippen LogP contribution is -2.37. The summed E-state index contributed by atoms with van der Waals surface area (Å²) in [5.41, 5.74) is 7.45. The second-order valence-corrected chi connectivity index (χ2v) is 6.38. The summed E-state index contributed by atoms with van der Waals surface area (Å²) in [6, 6.07) is 9.27. The molecule has 2 N–H and O–H groups in total. The maximum Gasteiger partial charge on any atom is 0.205 e. The molecule has 0 amide bonds. The minimum atomic E-state index is -0.0174. The predicted molar refractivity (Wildman–Crippen MR) is 83.6 cm³/mol. The number of nitrogens with two attached hydrogens (primary N) is 1. The maximum atomic E-state index is 12.6. The predicted octanol–water partition coefficient (Wildman–Crippen LogP) is 1.35. The van der Waals surface area contributed by atoms with Crippen molar-refractivity contribution in [3.05, 3.63) is 50.7 Å². The van der Waals surface area contributed by atoms with Crippen LogP contribution in [0.25, 0.3) is 6.20 Å². The Bertz CT molecular complexity index is 825. The van der Waals surface area contributed by atoms with E-state index in [1.54, 1.807) is 0 Å². The van der Waals surface area contributed by atoms with Crippen LogP contribution in [0.3, 0.4) is 0 Å². The standard InChI is InChI=1S/C16H15N3OS/c17-13-11-9-19-8-4-7-12(19)18-16(11)21-15(13)14(20)10-5-2-1-3-6-10/h1-3,5-6,9,12H,4,7-8,17H2/t12-/m1/s1. The Hall–Kier alpha value is -2.14. The molecule has 21 heavy (non-hydrogen) atoms. The van der Waals surface area contributed by atoms with Crippen LogP contribution in [0.5, 0.6) is 0 Å². The number of nitrogen functional groups attached to an aromatic ring is 1. The van der Waals surface area contributed by atoms with Crippen LogP contribution in [0, 0.1) is 0 Å². The van der Waals surface area contributed by atoms with Gasteiger partial charge in [-0.1, -0.05) is 30.3 Å². The Morgan fingerprint density at radius 3 is 2.95 bits per heavy atom. The van der Waals surface area contributed by atoms with Crippen LogP contribution in [-0.4, -0.2) is 23.4 Å². The summed E-state index contributed by atoms with van der Waals surface area (Å²) in [4.78, 5) is 20.2. The fourth-order valence-corrected chi connectivity index (χ4v) is 3.99. The molecule has 106 valence electrons. The van der Waals surface area contributed by atoms with Gasteiger partial charge in [0, 0.05) is 18.3 Å². The number of carbonyl (C=O) groups excluding carboxylic acids is 1. The number of benzene rings is 1. The third-order valence-corrected chi connectivity index (χ3v) is 5.16. The fraction of sp³-hybridized carbons (Fsp3) is 0.250. The summed E-state index contributed by atoms with van der Waals surface area (Å²) in [6.45, 7) is 1.02. The molecule has 1 saturated heterocycles. The lowest BCUT2D eigenvalue weighted by Gasteiger charge is -2.20. The number of nitrogens with zero attached hydrogens (tertiary/aromatic N) is 2. The van der Waals surface area contributed by atoms with Gasteiger partial charge >= 0.3 is 0 Å². The molecule has 5 heteroatoms. The first kappa shape index (κ1) is 12.6. The number of thiophene rings is 1. The highest BCUT2D eigenvalue weighted by atomic mass is 32.1.